The van der Waals surface area contributed by atoms with Crippen molar-refractivity contribution in [1.29, 1.82) is 0 Å². The van der Waals surface area contributed by atoms with Gasteiger partial charge in [0.25, 0.3) is 10.0 Å². The summed E-state index contributed by atoms with van der Waals surface area (Å²) in [5.74, 6) is 0. The van der Waals surface area contributed by atoms with Crippen molar-refractivity contribution in [2.24, 2.45) is 0 Å². The molecule has 1 saturated heterocycles. The number of urea groups is 1. The van der Waals surface area contributed by atoms with Gasteiger partial charge in [-0.05, 0) is 87.1 Å². The summed E-state index contributed by atoms with van der Waals surface area (Å²) in [6.45, 7) is 6.07. The summed E-state index contributed by atoms with van der Waals surface area (Å²) in [5.41, 5.74) is 5.58. The molecule has 0 spiro atoms. The lowest BCUT2D eigenvalue weighted by Crippen LogP contribution is -2.56. The van der Waals surface area contributed by atoms with Gasteiger partial charge < -0.3 is 5.32 Å². The average Bonchev–Trinajstić information content (AvgIpc) is 3.32. The summed E-state index contributed by atoms with van der Waals surface area (Å²) in [7, 11) is -3.85. The van der Waals surface area contributed by atoms with Gasteiger partial charge in [0.2, 0.25) is 0 Å². The third-order valence-electron chi connectivity index (χ3n) is 6.66. The fraction of sp³-hybridized carbons (Fsp3) is 0.591. The van der Waals surface area contributed by atoms with Gasteiger partial charge in [0, 0.05) is 23.2 Å². The maximum atomic E-state index is 12.6. The molecule has 1 unspecified atom stereocenters. The molecule has 1 atom stereocenters. The molecule has 0 aromatic heterocycles. The molecule has 1 fully saturated rings. The number of carbonyl (C=O) groups excluding carboxylic acids is 1. The zero-order valence-electron chi connectivity index (χ0n) is 17.4. The number of rotatable bonds is 6. The summed E-state index contributed by atoms with van der Waals surface area (Å²) in [4.78, 5) is 14.8. The van der Waals surface area contributed by atoms with Crippen molar-refractivity contribution in [2.75, 3.05) is 18.4 Å². The summed E-state index contributed by atoms with van der Waals surface area (Å²) >= 11 is 0. The first-order valence-corrected chi connectivity index (χ1v) is 12.3. The normalized spacial score (nSPS) is 23.7. The quantitative estimate of drug-likeness (QED) is 0.743. The molecule has 1 aromatic carbocycles. The first-order valence-electron chi connectivity index (χ1n) is 10.8. The van der Waals surface area contributed by atoms with E-state index in [9.17, 15) is 13.2 Å². The van der Waals surface area contributed by atoms with Crippen LogP contribution in [0.25, 0.3) is 0 Å². The maximum Gasteiger partial charge on any atom is 0.333 e. The topological polar surface area (TPSA) is 78.5 Å². The van der Waals surface area contributed by atoms with Gasteiger partial charge in [-0.1, -0.05) is 19.1 Å². The maximum absolute atomic E-state index is 12.6. The van der Waals surface area contributed by atoms with Crippen molar-refractivity contribution in [2.45, 2.75) is 70.8 Å². The van der Waals surface area contributed by atoms with E-state index in [0.29, 0.717) is 0 Å². The van der Waals surface area contributed by atoms with Crippen LogP contribution in [0.5, 0.6) is 0 Å². The van der Waals surface area contributed by atoms with Crippen LogP contribution in [0.4, 0.5) is 10.5 Å². The predicted octanol–water partition coefficient (Wildman–Crippen LogP) is 3.50. The Bertz CT molecular complexity index is 922. The van der Waals surface area contributed by atoms with Gasteiger partial charge in [-0.2, -0.15) is 0 Å². The highest BCUT2D eigenvalue weighted by Gasteiger charge is 2.37. The molecule has 2 N–H and O–H groups in total. The molecule has 7 heteroatoms. The van der Waals surface area contributed by atoms with Crippen molar-refractivity contribution >= 4 is 21.7 Å². The van der Waals surface area contributed by atoms with Gasteiger partial charge in [-0.3, -0.25) is 4.90 Å². The molecule has 1 aromatic rings. The lowest BCUT2D eigenvalue weighted by molar-refractivity contribution is 0.0408. The lowest BCUT2D eigenvalue weighted by Gasteiger charge is -2.49. The Hall–Kier alpha value is -1.86. The minimum absolute atomic E-state index is 0.248. The van der Waals surface area contributed by atoms with Crippen molar-refractivity contribution in [1.82, 2.24) is 9.62 Å². The van der Waals surface area contributed by atoms with E-state index >= 15 is 0 Å². The van der Waals surface area contributed by atoms with Crippen LogP contribution in [0, 0.1) is 0 Å². The molecule has 29 heavy (non-hydrogen) atoms. The van der Waals surface area contributed by atoms with Crippen molar-refractivity contribution in [3.8, 4) is 0 Å². The Morgan fingerprint density at radius 3 is 2.38 bits per heavy atom. The van der Waals surface area contributed by atoms with Crippen LogP contribution in [-0.4, -0.2) is 38.0 Å². The van der Waals surface area contributed by atoms with Gasteiger partial charge in [-0.15, -0.1) is 0 Å². The Morgan fingerprint density at radius 1 is 1.17 bits per heavy atom. The highest BCUT2D eigenvalue weighted by Crippen LogP contribution is 2.38. The van der Waals surface area contributed by atoms with E-state index in [0.717, 1.165) is 75.6 Å². The van der Waals surface area contributed by atoms with Crippen molar-refractivity contribution in [3.05, 3.63) is 39.8 Å². The number of sulfonamides is 1. The van der Waals surface area contributed by atoms with E-state index in [1.54, 1.807) is 6.08 Å². The van der Waals surface area contributed by atoms with Crippen LogP contribution in [-0.2, 0) is 35.7 Å². The number of nitrogens with one attached hydrogen (secondary N) is 2. The molecule has 1 heterocycles. The van der Waals surface area contributed by atoms with Gasteiger partial charge in [-0.25, -0.2) is 17.9 Å². The summed E-state index contributed by atoms with van der Waals surface area (Å²) in [6.07, 6.45) is 9.78. The standard InChI is InChI=1S/C22H31N3O3S/c1-3-12-25-13-10-22(25,2)11-14-29(27,28)24-21(26)23-20-18-8-4-6-16(18)15-17-7-5-9-19(17)20/h11,14-15H,3-10,12-13H2,1-2H3,(H2,23,24,26)/b14-11+. The molecule has 4 rings (SSSR count). The Kier molecular flexibility index (Phi) is 5.46. The molecule has 0 radical (unpaired) electrons. The molecule has 3 aliphatic rings. The first kappa shape index (κ1) is 20.4. The number of amides is 2. The molecule has 2 aliphatic carbocycles. The highest BCUT2D eigenvalue weighted by atomic mass is 32.2. The Balaban J connectivity index is 1.46. The van der Waals surface area contributed by atoms with E-state index in [1.807, 2.05) is 6.92 Å². The second-order valence-corrected chi connectivity index (χ2v) is 10.3. The van der Waals surface area contributed by atoms with Crippen LogP contribution in [0.1, 0.15) is 61.8 Å². The highest BCUT2D eigenvalue weighted by molar-refractivity contribution is 7.92. The number of benzene rings is 1. The third-order valence-corrected chi connectivity index (χ3v) is 7.62. The second-order valence-electron chi connectivity index (χ2n) is 8.73. The number of likely N-dealkylation sites (tertiary alicyclic amines) is 1. The molecular formula is C22H31N3O3S. The molecule has 0 bridgehead atoms. The zero-order valence-corrected chi connectivity index (χ0v) is 18.2. The SMILES string of the molecule is CCCN1CCC1(C)/C=C/S(=O)(=O)NC(=O)Nc1c2c(cc3c1CCC3)CCC2. The average molecular weight is 418 g/mol. The number of hydrogen-bond acceptors (Lipinski definition) is 4. The Morgan fingerprint density at radius 2 is 1.83 bits per heavy atom. The number of aryl methyl sites for hydroxylation is 2. The van der Waals surface area contributed by atoms with Gasteiger partial charge in [0.05, 0.1) is 0 Å². The van der Waals surface area contributed by atoms with Crippen LogP contribution in [0.2, 0.25) is 0 Å². The smallest absolute Gasteiger partial charge is 0.307 e. The van der Waals surface area contributed by atoms with Crippen molar-refractivity contribution in [3.63, 3.8) is 0 Å². The van der Waals surface area contributed by atoms with E-state index < -0.39 is 16.1 Å². The van der Waals surface area contributed by atoms with Gasteiger partial charge in [0.15, 0.2) is 0 Å². The number of nitrogens with zero attached hydrogens (tertiary/aromatic N) is 1. The van der Waals surface area contributed by atoms with Crippen LogP contribution < -0.4 is 10.0 Å². The number of carbonyl (C=O) groups is 1. The fourth-order valence-corrected chi connectivity index (χ4v) is 5.80. The number of fused-ring (bicyclic) bond motifs is 2. The molecular weight excluding hydrogens is 386 g/mol. The first-order chi connectivity index (χ1) is 13.8. The number of anilines is 1. The minimum atomic E-state index is -3.85. The molecule has 2 amide bonds. The second kappa shape index (κ2) is 7.76. The van der Waals surface area contributed by atoms with Crippen molar-refractivity contribution < 1.29 is 13.2 Å². The van der Waals surface area contributed by atoms with Crippen LogP contribution >= 0.6 is 0 Å². The lowest BCUT2D eigenvalue weighted by atomic mass is 9.87. The zero-order chi connectivity index (χ0) is 20.6. The largest absolute Gasteiger partial charge is 0.333 e. The summed E-state index contributed by atoms with van der Waals surface area (Å²) < 4.78 is 27.1. The Labute approximate surface area is 173 Å². The third kappa shape index (κ3) is 4.08. The predicted molar refractivity (Wildman–Crippen MR) is 116 cm³/mol. The van der Waals surface area contributed by atoms with Gasteiger partial charge >= 0.3 is 6.03 Å². The minimum Gasteiger partial charge on any atom is -0.307 e. The van der Waals surface area contributed by atoms with E-state index in [4.69, 9.17) is 0 Å². The fourth-order valence-electron chi connectivity index (χ4n) is 4.95. The molecule has 158 valence electrons. The summed E-state index contributed by atoms with van der Waals surface area (Å²) in [5, 5.41) is 4.03. The molecule has 1 aliphatic heterocycles. The molecule has 0 saturated carbocycles. The van der Waals surface area contributed by atoms with Gasteiger partial charge in [0.1, 0.15) is 0 Å². The monoisotopic (exact) mass is 417 g/mol. The van der Waals surface area contributed by atoms with Crippen LogP contribution in [0.15, 0.2) is 17.6 Å². The van der Waals surface area contributed by atoms with Crippen LogP contribution in [0.3, 0.4) is 0 Å². The summed E-state index contributed by atoms with van der Waals surface area (Å²) in [6, 6.07) is 1.61. The van der Waals surface area contributed by atoms with E-state index in [2.05, 4.69) is 27.9 Å². The number of hydrogen-bond donors (Lipinski definition) is 2. The van der Waals surface area contributed by atoms with E-state index in [1.165, 1.54) is 22.3 Å². The molecule has 6 nitrogen and oxygen atoms in total. The van der Waals surface area contributed by atoms with E-state index in [-0.39, 0.29) is 5.54 Å².